The first-order chi connectivity index (χ1) is 15.2. The highest BCUT2D eigenvalue weighted by Crippen LogP contribution is 2.23. The number of aromatic nitrogens is 3. The molecule has 0 atom stereocenters. The molecular formula is C24H31N7O. The second-order valence-corrected chi connectivity index (χ2v) is 8.66. The number of hydrogen-bond acceptors (Lipinski definition) is 6. The van der Waals surface area contributed by atoms with Crippen molar-refractivity contribution in [2.45, 2.75) is 40.0 Å². The third-order valence-corrected chi connectivity index (χ3v) is 4.73. The number of rotatable bonds is 7. The lowest BCUT2D eigenvalue weighted by Gasteiger charge is -2.19. The Balaban J connectivity index is 1.47. The molecule has 0 spiro atoms. The summed E-state index contributed by atoms with van der Waals surface area (Å²) in [7, 11) is 0. The highest BCUT2D eigenvalue weighted by Gasteiger charge is 2.13. The molecule has 0 aliphatic carbocycles. The van der Waals surface area contributed by atoms with Crippen molar-refractivity contribution in [3.8, 4) is 0 Å². The monoisotopic (exact) mass is 433 g/mol. The molecule has 168 valence electrons. The number of benzene rings is 1. The molecule has 1 aromatic carbocycles. The Hall–Kier alpha value is -3.68. The predicted molar refractivity (Wildman–Crippen MR) is 130 cm³/mol. The second-order valence-electron chi connectivity index (χ2n) is 8.66. The van der Waals surface area contributed by atoms with Gasteiger partial charge in [-0.05, 0) is 54.7 Å². The average molecular weight is 434 g/mol. The molecule has 0 aliphatic rings. The Morgan fingerprint density at radius 1 is 0.906 bits per heavy atom. The van der Waals surface area contributed by atoms with Gasteiger partial charge >= 0.3 is 6.03 Å². The summed E-state index contributed by atoms with van der Waals surface area (Å²) < 4.78 is 0. The molecule has 0 bridgehead atoms. The number of aryl methyl sites for hydroxylation is 2. The van der Waals surface area contributed by atoms with Crippen LogP contribution in [0.2, 0.25) is 0 Å². The summed E-state index contributed by atoms with van der Waals surface area (Å²) in [6.45, 7) is 11.3. The fourth-order valence-electron chi connectivity index (χ4n) is 3.05. The molecule has 2 heterocycles. The van der Waals surface area contributed by atoms with Crippen LogP contribution < -0.4 is 21.3 Å². The van der Waals surface area contributed by atoms with Gasteiger partial charge in [-0.2, -0.15) is 0 Å². The molecule has 4 N–H and O–H groups in total. The van der Waals surface area contributed by atoms with Crippen LogP contribution in [0.3, 0.4) is 0 Å². The van der Waals surface area contributed by atoms with E-state index >= 15 is 0 Å². The van der Waals surface area contributed by atoms with Crippen molar-refractivity contribution in [2.24, 2.45) is 0 Å². The van der Waals surface area contributed by atoms with Gasteiger partial charge in [0, 0.05) is 31.0 Å². The van der Waals surface area contributed by atoms with Gasteiger partial charge in [-0.3, -0.25) is 0 Å². The first-order valence-electron chi connectivity index (χ1n) is 10.6. The van der Waals surface area contributed by atoms with Gasteiger partial charge in [0.1, 0.15) is 23.3 Å². The maximum Gasteiger partial charge on any atom is 0.319 e. The SMILES string of the molecule is Cc1ccnc(Nc2cc(NCCNC(=O)Nc3ccc(C(C)(C)C)cc3)nc(C)n2)c1. The van der Waals surface area contributed by atoms with E-state index in [1.165, 1.54) is 5.56 Å². The third-order valence-electron chi connectivity index (χ3n) is 4.73. The normalized spacial score (nSPS) is 11.0. The summed E-state index contributed by atoms with van der Waals surface area (Å²) in [6.07, 6.45) is 1.75. The van der Waals surface area contributed by atoms with E-state index in [0.717, 1.165) is 17.1 Å². The zero-order valence-corrected chi connectivity index (χ0v) is 19.3. The van der Waals surface area contributed by atoms with E-state index in [0.29, 0.717) is 30.5 Å². The van der Waals surface area contributed by atoms with Crippen molar-refractivity contribution in [3.05, 3.63) is 65.6 Å². The van der Waals surface area contributed by atoms with E-state index in [2.05, 4.69) is 57.0 Å². The molecule has 3 rings (SSSR count). The van der Waals surface area contributed by atoms with Crippen LogP contribution in [0, 0.1) is 13.8 Å². The van der Waals surface area contributed by atoms with E-state index in [1.807, 2.05) is 56.3 Å². The average Bonchev–Trinajstić information content (AvgIpc) is 2.70. The highest BCUT2D eigenvalue weighted by molar-refractivity contribution is 5.89. The highest BCUT2D eigenvalue weighted by atomic mass is 16.2. The van der Waals surface area contributed by atoms with Crippen molar-refractivity contribution in [3.63, 3.8) is 0 Å². The molecule has 2 aromatic heterocycles. The summed E-state index contributed by atoms with van der Waals surface area (Å²) in [5, 5.41) is 12.1. The number of carbonyl (C=O) groups excluding carboxylic acids is 1. The maximum absolute atomic E-state index is 12.2. The van der Waals surface area contributed by atoms with Gasteiger partial charge in [0.2, 0.25) is 0 Å². The number of anilines is 4. The number of pyridine rings is 1. The maximum atomic E-state index is 12.2. The number of nitrogens with zero attached hydrogens (tertiary/aromatic N) is 3. The Labute approximate surface area is 189 Å². The molecular weight excluding hydrogens is 402 g/mol. The number of urea groups is 1. The van der Waals surface area contributed by atoms with Gasteiger partial charge in [0.25, 0.3) is 0 Å². The largest absolute Gasteiger partial charge is 0.368 e. The van der Waals surface area contributed by atoms with Crippen LogP contribution in [0.1, 0.15) is 37.7 Å². The molecule has 3 aromatic rings. The van der Waals surface area contributed by atoms with Crippen LogP contribution >= 0.6 is 0 Å². The van der Waals surface area contributed by atoms with Crippen molar-refractivity contribution in [1.82, 2.24) is 20.3 Å². The van der Waals surface area contributed by atoms with E-state index < -0.39 is 0 Å². The lowest BCUT2D eigenvalue weighted by Crippen LogP contribution is -2.32. The molecule has 0 saturated carbocycles. The van der Waals surface area contributed by atoms with Gasteiger partial charge in [-0.1, -0.05) is 32.9 Å². The molecule has 0 radical (unpaired) electrons. The van der Waals surface area contributed by atoms with E-state index in [4.69, 9.17) is 0 Å². The standard InChI is InChI=1S/C24H31N7O/c1-16-10-11-25-20(14-16)31-22-15-21(28-17(2)29-22)26-12-13-27-23(32)30-19-8-6-18(7-9-19)24(3,4)5/h6-11,14-15H,12-13H2,1-5H3,(H2,27,30,32)(H2,25,26,28,29,31). The first-order valence-corrected chi connectivity index (χ1v) is 10.6. The quantitative estimate of drug-likeness (QED) is 0.401. The summed E-state index contributed by atoms with van der Waals surface area (Å²) in [6, 6.07) is 13.4. The van der Waals surface area contributed by atoms with Gasteiger partial charge < -0.3 is 21.3 Å². The summed E-state index contributed by atoms with van der Waals surface area (Å²) >= 11 is 0. The Morgan fingerprint density at radius 2 is 1.62 bits per heavy atom. The third kappa shape index (κ3) is 6.94. The van der Waals surface area contributed by atoms with Gasteiger partial charge in [-0.25, -0.2) is 19.7 Å². The molecule has 0 unspecified atom stereocenters. The fraction of sp³-hybridized carbons (Fsp3) is 0.333. The number of amides is 2. The fourth-order valence-corrected chi connectivity index (χ4v) is 3.05. The lowest BCUT2D eigenvalue weighted by atomic mass is 9.87. The molecule has 8 heteroatoms. The number of carbonyl (C=O) groups is 1. The van der Waals surface area contributed by atoms with Crippen LogP contribution in [0.25, 0.3) is 0 Å². The summed E-state index contributed by atoms with van der Waals surface area (Å²) in [4.78, 5) is 25.2. The minimum atomic E-state index is -0.248. The number of hydrogen-bond donors (Lipinski definition) is 4. The molecule has 32 heavy (non-hydrogen) atoms. The zero-order chi connectivity index (χ0) is 23.1. The minimum absolute atomic E-state index is 0.0811. The number of nitrogens with one attached hydrogen (secondary N) is 4. The molecule has 0 fully saturated rings. The summed E-state index contributed by atoms with van der Waals surface area (Å²) in [5.41, 5.74) is 3.17. The smallest absolute Gasteiger partial charge is 0.319 e. The minimum Gasteiger partial charge on any atom is -0.368 e. The topological polar surface area (TPSA) is 104 Å². The van der Waals surface area contributed by atoms with Gasteiger partial charge in [0.15, 0.2) is 0 Å². The zero-order valence-electron chi connectivity index (χ0n) is 19.3. The predicted octanol–water partition coefficient (Wildman–Crippen LogP) is 4.76. The van der Waals surface area contributed by atoms with E-state index in [9.17, 15) is 4.79 Å². The lowest BCUT2D eigenvalue weighted by molar-refractivity contribution is 0.252. The van der Waals surface area contributed by atoms with Crippen molar-refractivity contribution >= 4 is 29.2 Å². The molecule has 8 nitrogen and oxygen atoms in total. The Kier molecular flexibility index (Phi) is 7.25. The molecule has 0 saturated heterocycles. The van der Waals surface area contributed by atoms with E-state index in [-0.39, 0.29) is 11.4 Å². The molecule has 2 amide bonds. The van der Waals surface area contributed by atoms with Crippen LogP contribution in [-0.2, 0) is 5.41 Å². The first kappa shape index (κ1) is 23.0. The van der Waals surface area contributed by atoms with Crippen molar-refractivity contribution in [1.29, 1.82) is 0 Å². The summed E-state index contributed by atoms with van der Waals surface area (Å²) in [5.74, 6) is 2.69. The van der Waals surface area contributed by atoms with Gasteiger partial charge in [0.05, 0.1) is 0 Å². The Bertz CT molecular complexity index is 1060. The van der Waals surface area contributed by atoms with Crippen LogP contribution in [0.15, 0.2) is 48.7 Å². The van der Waals surface area contributed by atoms with Crippen LogP contribution in [-0.4, -0.2) is 34.1 Å². The van der Waals surface area contributed by atoms with Crippen molar-refractivity contribution in [2.75, 3.05) is 29.0 Å². The Morgan fingerprint density at radius 3 is 2.31 bits per heavy atom. The van der Waals surface area contributed by atoms with Gasteiger partial charge in [-0.15, -0.1) is 0 Å². The molecule has 0 aliphatic heterocycles. The van der Waals surface area contributed by atoms with Crippen LogP contribution in [0.5, 0.6) is 0 Å². The van der Waals surface area contributed by atoms with E-state index in [1.54, 1.807) is 6.20 Å². The van der Waals surface area contributed by atoms with Crippen LogP contribution in [0.4, 0.5) is 27.9 Å². The second kappa shape index (κ2) is 10.1. The van der Waals surface area contributed by atoms with Crippen molar-refractivity contribution < 1.29 is 4.79 Å².